The number of nitrogens with one attached hydrogen (secondary N) is 1. The molecule has 0 aliphatic heterocycles. The van der Waals surface area contributed by atoms with E-state index in [0.29, 0.717) is 11.1 Å². The molecule has 0 radical (unpaired) electrons. The Kier molecular flexibility index (Phi) is 5.32. The summed E-state index contributed by atoms with van der Waals surface area (Å²) < 4.78 is 42.6. The standard InChI is InChI=1S/C15H14FN3O5S/c1-10-3-5-12(8-14(10)19(20)21)25(22,23)18-17-9-11-4-6-15(24-2)13(16)7-11/h3-9,18H,1-2H3/b17-9-. The third-order valence-corrected chi connectivity index (χ3v) is 4.47. The maximum Gasteiger partial charge on any atom is 0.276 e. The van der Waals surface area contributed by atoms with Gasteiger partial charge in [-0.2, -0.15) is 13.5 Å². The van der Waals surface area contributed by atoms with E-state index in [9.17, 15) is 22.9 Å². The molecule has 0 fully saturated rings. The molecule has 0 saturated heterocycles. The van der Waals surface area contributed by atoms with Gasteiger partial charge in [0.05, 0.1) is 23.1 Å². The molecule has 10 heteroatoms. The number of nitrogens with zero attached hydrogens (tertiary/aromatic N) is 2. The van der Waals surface area contributed by atoms with Gasteiger partial charge in [0.1, 0.15) is 0 Å². The molecular formula is C15H14FN3O5S. The van der Waals surface area contributed by atoms with E-state index in [4.69, 9.17) is 4.74 Å². The summed E-state index contributed by atoms with van der Waals surface area (Å²) in [6.07, 6.45) is 1.10. The van der Waals surface area contributed by atoms with Crippen LogP contribution in [-0.4, -0.2) is 26.7 Å². The maximum atomic E-state index is 13.5. The van der Waals surface area contributed by atoms with Crippen LogP contribution in [0.2, 0.25) is 0 Å². The highest BCUT2D eigenvalue weighted by atomic mass is 32.2. The van der Waals surface area contributed by atoms with Crippen molar-refractivity contribution in [2.24, 2.45) is 5.10 Å². The highest BCUT2D eigenvalue weighted by molar-refractivity contribution is 7.89. The fourth-order valence-corrected chi connectivity index (χ4v) is 2.75. The molecular weight excluding hydrogens is 353 g/mol. The largest absolute Gasteiger partial charge is 0.494 e. The number of benzene rings is 2. The quantitative estimate of drug-likeness (QED) is 0.479. The van der Waals surface area contributed by atoms with Crippen LogP contribution in [0.3, 0.4) is 0 Å². The van der Waals surface area contributed by atoms with Gasteiger partial charge < -0.3 is 4.74 Å². The monoisotopic (exact) mass is 367 g/mol. The first kappa shape index (κ1) is 18.3. The molecule has 0 saturated carbocycles. The lowest BCUT2D eigenvalue weighted by Crippen LogP contribution is -2.18. The van der Waals surface area contributed by atoms with Crippen molar-refractivity contribution in [3.63, 3.8) is 0 Å². The average molecular weight is 367 g/mol. The van der Waals surface area contributed by atoms with E-state index in [1.807, 2.05) is 4.83 Å². The summed E-state index contributed by atoms with van der Waals surface area (Å²) in [7, 11) is -2.78. The van der Waals surface area contributed by atoms with E-state index in [0.717, 1.165) is 18.3 Å². The summed E-state index contributed by atoms with van der Waals surface area (Å²) in [5, 5.41) is 14.4. The molecule has 0 bridgehead atoms. The SMILES string of the molecule is COc1ccc(/C=N\NS(=O)(=O)c2ccc(C)c([N+](=O)[O-])c2)cc1F. The first-order chi connectivity index (χ1) is 11.7. The zero-order valence-electron chi connectivity index (χ0n) is 13.3. The van der Waals surface area contributed by atoms with Crippen molar-refractivity contribution in [1.82, 2.24) is 4.83 Å². The molecule has 0 aliphatic rings. The van der Waals surface area contributed by atoms with Crippen molar-refractivity contribution in [1.29, 1.82) is 0 Å². The van der Waals surface area contributed by atoms with E-state index in [1.165, 1.54) is 38.3 Å². The Bertz CT molecular complexity index is 944. The molecule has 25 heavy (non-hydrogen) atoms. The fourth-order valence-electron chi connectivity index (χ4n) is 1.94. The molecule has 1 N–H and O–H groups in total. The van der Waals surface area contributed by atoms with Crippen LogP contribution in [0, 0.1) is 22.9 Å². The highest BCUT2D eigenvalue weighted by Crippen LogP contribution is 2.22. The molecule has 2 aromatic rings. The summed E-state index contributed by atoms with van der Waals surface area (Å²) >= 11 is 0. The summed E-state index contributed by atoms with van der Waals surface area (Å²) in [6, 6.07) is 7.47. The van der Waals surface area contributed by atoms with Crippen molar-refractivity contribution >= 4 is 21.9 Å². The summed E-state index contributed by atoms with van der Waals surface area (Å²) in [6.45, 7) is 1.50. The van der Waals surface area contributed by atoms with Crippen LogP contribution in [-0.2, 0) is 10.0 Å². The summed E-state index contributed by atoms with van der Waals surface area (Å²) in [4.78, 5) is 11.9. The second-order valence-electron chi connectivity index (χ2n) is 4.95. The Hall–Kier alpha value is -3.01. The Morgan fingerprint density at radius 2 is 2.00 bits per heavy atom. The molecule has 0 aromatic heterocycles. The lowest BCUT2D eigenvalue weighted by molar-refractivity contribution is -0.385. The van der Waals surface area contributed by atoms with Crippen LogP contribution in [0.25, 0.3) is 0 Å². The minimum absolute atomic E-state index is 0.0460. The predicted octanol–water partition coefficient (Wildman–Crippen LogP) is 2.36. The van der Waals surface area contributed by atoms with Gasteiger partial charge in [0.2, 0.25) is 0 Å². The zero-order valence-corrected chi connectivity index (χ0v) is 14.1. The molecule has 2 rings (SSSR count). The van der Waals surface area contributed by atoms with Crippen molar-refractivity contribution < 1.29 is 22.5 Å². The van der Waals surface area contributed by atoms with Crippen LogP contribution in [0.5, 0.6) is 5.75 Å². The number of nitro benzene ring substituents is 1. The molecule has 0 amide bonds. The van der Waals surface area contributed by atoms with Crippen LogP contribution < -0.4 is 9.57 Å². The fraction of sp³-hybridized carbons (Fsp3) is 0.133. The lowest BCUT2D eigenvalue weighted by Gasteiger charge is -2.05. The van der Waals surface area contributed by atoms with E-state index in [2.05, 4.69) is 5.10 Å². The number of ether oxygens (including phenoxy) is 1. The lowest BCUT2D eigenvalue weighted by atomic mass is 10.2. The van der Waals surface area contributed by atoms with Gasteiger partial charge in [-0.15, -0.1) is 0 Å². The van der Waals surface area contributed by atoms with Crippen LogP contribution >= 0.6 is 0 Å². The number of aryl methyl sites for hydroxylation is 1. The van der Waals surface area contributed by atoms with E-state index in [-0.39, 0.29) is 16.3 Å². The Morgan fingerprint density at radius 3 is 2.60 bits per heavy atom. The molecule has 0 atom stereocenters. The Balaban J connectivity index is 2.20. The van der Waals surface area contributed by atoms with Crippen molar-refractivity contribution in [3.8, 4) is 5.75 Å². The number of halogens is 1. The molecule has 0 unspecified atom stereocenters. The number of hydrogen-bond acceptors (Lipinski definition) is 6. The normalized spacial score (nSPS) is 11.5. The van der Waals surface area contributed by atoms with Crippen molar-refractivity contribution in [2.45, 2.75) is 11.8 Å². The van der Waals surface area contributed by atoms with Gasteiger partial charge >= 0.3 is 0 Å². The topological polar surface area (TPSA) is 111 Å². The first-order valence-corrected chi connectivity index (χ1v) is 8.36. The molecule has 8 nitrogen and oxygen atoms in total. The third kappa shape index (κ3) is 4.29. The minimum atomic E-state index is -4.10. The number of hydrogen-bond donors (Lipinski definition) is 1. The Labute approximate surface area is 143 Å². The smallest absolute Gasteiger partial charge is 0.276 e. The number of methoxy groups -OCH3 is 1. The maximum absolute atomic E-state index is 13.5. The second-order valence-corrected chi connectivity index (χ2v) is 6.61. The molecule has 0 aliphatic carbocycles. The Morgan fingerprint density at radius 1 is 1.28 bits per heavy atom. The van der Waals surface area contributed by atoms with Crippen molar-refractivity contribution in [3.05, 3.63) is 63.5 Å². The summed E-state index contributed by atoms with van der Waals surface area (Å²) in [5.41, 5.74) is 0.320. The van der Waals surface area contributed by atoms with E-state index < -0.39 is 20.8 Å². The van der Waals surface area contributed by atoms with Crippen LogP contribution in [0.15, 0.2) is 46.4 Å². The van der Waals surface area contributed by atoms with Gasteiger partial charge in [-0.3, -0.25) is 10.1 Å². The average Bonchev–Trinajstić information content (AvgIpc) is 2.54. The molecule has 2 aromatic carbocycles. The van der Waals surface area contributed by atoms with Gasteiger partial charge in [0.15, 0.2) is 11.6 Å². The van der Waals surface area contributed by atoms with E-state index in [1.54, 1.807) is 0 Å². The number of nitro groups is 1. The van der Waals surface area contributed by atoms with Gasteiger partial charge in [-0.25, -0.2) is 9.22 Å². The van der Waals surface area contributed by atoms with E-state index >= 15 is 0 Å². The number of rotatable bonds is 6. The molecule has 132 valence electrons. The van der Waals surface area contributed by atoms with Crippen LogP contribution in [0.1, 0.15) is 11.1 Å². The van der Waals surface area contributed by atoms with Crippen molar-refractivity contribution in [2.75, 3.05) is 7.11 Å². The van der Waals surface area contributed by atoms with Gasteiger partial charge in [-0.05, 0) is 36.8 Å². The van der Waals surface area contributed by atoms with Gasteiger partial charge in [-0.1, -0.05) is 6.07 Å². The minimum Gasteiger partial charge on any atom is -0.494 e. The zero-order chi connectivity index (χ0) is 18.6. The third-order valence-electron chi connectivity index (χ3n) is 3.25. The first-order valence-electron chi connectivity index (χ1n) is 6.88. The summed E-state index contributed by atoms with van der Waals surface area (Å²) in [5.74, 6) is -0.576. The highest BCUT2D eigenvalue weighted by Gasteiger charge is 2.19. The van der Waals surface area contributed by atoms with Gasteiger partial charge in [0, 0.05) is 11.6 Å². The number of sulfonamides is 1. The van der Waals surface area contributed by atoms with Crippen LogP contribution in [0.4, 0.5) is 10.1 Å². The molecule has 0 heterocycles. The predicted molar refractivity (Wildman–Crippen MR) is 88.7 cm³/mol. The second kappa shape index (κ2) is 7.26. The number of hydrazone groups is 1. The molecule has 0 spiro atoms. The van der Waals surface area contributed by atoms with Gasteiger partial charge in [0.25, 0.3) is 15.7 Å².